The molecule has 0 aliphatic heterocycles. The molecule has 0 unspecified atom stereocenters. The quantitative estimate of drug-likeness (QED) is 0.771. The van der Waals surface area contributed by atoms with Crippen molar-refractivity contribution in [2.75, 3.05) is 0 Å². The normalized spacial score (nSPS) is 14.5. The van der Waals surface area contributed by atoms with E-state index in [1.165, 1.54) is 18.4 Å². The van der Waals surface area contributed by atoms with Crippen LogP contribution in [0, 0.1) is 0 Å². The molecular weight excluding hydrogens is 358 g/mol. The molecule has 1 aromatic heterocycles. The maximum absolute atomic E-state index is 5.94. The number of benzene rings is 1. The maximum atomic E-state index is 5.94. The summed E-state index contributed by atoms with van der Waals surface area (Å²) in [6, 6.07) is 10.8. The number of thiophene rings is 1. The van der Waals surface area contributed by atoms with Gasteiger partial charge in [-0.15, -0.1) is 11.3 Å². The van der Waals surface area contributed by atoms with E-state index < -0.39 is 0 Å². The monoisotopic (exact) mass is 371 g/mol. The largest absolute Gasteiger partial charge is 0.488 e. The lowest BCUT2D eigenvalue weighted by Gasteiger charge is -2.12. The van der Waals surface area contributed by atoms with Gasteiger partial charge in [0, 0.05) is 27.5 Å². The fraction of sp³-hybridized carbons (Fsp3) is 0.333. The number of halogens is 2. The number of nitrogens with one attached hydrogen (secondary N) is 1. The Morgan fingerprint density at radius 2 is 2.15 bits per heavy atom. The summed E-state index contributed by atoms with van der Waals surface area (Å²) in [5.41, 5.74) is 1.19. The lowest BCUT2D eigenvalue weighted by molar-refractivity contribution is 0.305. The molecule has 3 rings (SSSR count). The van der Waals surface area contributed by atoms with E-state index in [1.807, 2.05) is 24.3 Å². The van der Waals surface area contributed by atoms with Crippen molar-refractivity contribution in [2.24, 2.45) is 0 Å². The summed E-state index contributed by atoms with van der Waals surface area (Å²) in [5.74, 6) is 0.936. The van der Waals surface area contributed by atoms with Crippen molar-refractivity contribution >= 4 is 38.9 Å². The minimum Gasteiger partial charge on any atom is -0.488 e. The molecule has 5 heteroatoms. The summed E-state index contributed by atoms with van der Waals surface area (Å²) < 4.78 is 7.82. The van der Waals surface area contributed by atoms with Crippen molar-refractivity contribution in [1.82, 2.24) is 5.32 Å². The zero-order chi connectivity index (χ0) is 13.9. The second kappa shape index (κ2) is 6.48. The average molecular weight is 373 g/mol. The number of rotatable bonds is 6. The molecule has 0 atom stereocenters. The highest BCUT2D eigenvalue weighted by molar-refractivity contribution is 9.10. The molecule has 0 bridgehead atoms. The fourth-order valence-corrected chi connectivity index (χ4v) is 3.36. The van der Waals surface area contributed by atoms with Crippen LogP contribution in [0.15, 0.2) is 34.8 Å². The topological polar surface area (TPSA) is 21.3 Å². The van der Waals surface area contributed by atoms with Crippen molar-refractivity contribution < 1.29 is 4.74 Å². The first kappa shape index (κ1) is 14.4. The van der Waals surface area contributed by atoms with Crippen molar-refractivity contribution in [3.05, 3.63) is 49.6 Å². The summed E-state index contributed by atoms with van der Waals surface area (Å²) in [5, 5.41) is 3.52. The highest BCUT2D eigenvalue weighted by Gasteiger charge is 2.20. The van der Waals surface area contributed by atoms with Crippen molar-refractivity contribution in [3.63, 3.8) is 0 Å². The van der Waals surface area contributed by atoms with E-state index in [0.29, 0.717) is 12.6 Å². The Balaban J connectivity index is 1.66. The van der Waals surface area contributed by atoms with Gasteiger partial charge >= 0.3 is 0 Å². The second-order valence-electron chi connectivity index (χ2n) is 4.90. The molecule has 2 nitrogen and oxygen atoms in total. The van der Waals surface area contributed by atoms with Crippen LogP contribution in [-0.2, 0) is 13.2 Å². The van der Waals surface area contributed by atoms with E-state index in [-0.39, 0.29) is 0 Å². The van der Waals surface area contributed by atoms with Crippen molar-refractivity contribution in [2.45, 2.75) is 32.0 Å². The summed E-state index contributed by atoms with van der Waals surface area (Å²) in [6.07, 6.45) is 2.58. The maximum Gasteiger partial charge on any atom is 0.124 e. The summed E-state index contributed by atoms with van der Waals surface area (Å²) in [4.78, 5) is 1.14. The smallest absolute Gasteiger partial charge is 0.124 e. The second-order valence-corrected chi connectivity index (χ2v) is 7.62. The third-order valence-corrected chi connectivity index (χ3v) is 4.88. The van der Waals surface area contributed by atoms with Gasteiger partial charge < -0.3 is 10.1 Å². The highest BCUT2D eigenvalue weighted by Crippen LogP contribution is 2.28. The number of hydrogen-bond donors (Lipinski definition) is 1. The van der Waals surface area contributed by atoms with Gasteiger partial charge in [0.15, 0.2) is 0 Å². The van der Waals surface area contributed by atoms with Gasteiger partial charge in [-0.3, -0.25) is 0 Å². The van der Waals surface area contributed by atoms with Crippen LogP contribution in [0.25, 0.3) is 0 Å². The van der Waals surface area contributed by atoms with Crippen LogP contribution >= 0.6 is 38.9 Å². The molecule has 1 N–H and O–H groups in total. The van der Waals surface area contributed by atoms with Crippen LogP contribution in [0.4, 0.5) is 0 Å². The molecule has 0 radical (unpaired) electrons. The van der Waals surface area contributed by atoms with Crippen LogP contribution in [0.2, 0.25) is 4.34 Å². The minimum atomic E-state index is 0.565. The van der Waals surface area contributed by atoms with Gasteiger partial charge in [-0.2, -0.15) is 0 Å². The molecule has 0 amide bonds. The molecule has 2 aromatic rings. The van der Waals surface area contributed by atoms with Crippen molar-refractivity contribution in [1.29, 1.82) is 0 Å². The Morgan fingerprint density at radius 1 is 1.30 bits per heavy atom. The molecular formula is C15H15BrClNOS. The van der Waals surface area contributed by atoms with Crippen LogP contribution in [-0.4, -0.2) is 6.04 Å². The molecule has 0 saturated heterocycles. The Hall–Kier alpha value is -0.550. The zero-order valence-corrected chi connectivity index (χ0v) is 14.0. The zero-order valence-electron chi connectivity index (χ0n) is 10.9. The Bertz CT molecular complexity index is 597. The Labute approximate surface area is 136 Å². The Morgan fingerprint density at radius 3 is 2.85 bits per heavy atom. The van der Waals surface area contributed by atoms with Gasteiger partial charge in [-0.05, 0) is 43.2 Å². The van der Waals surface area contributed by atoms with Gasteiger partial charge in [0.2, 0.25) is 0 Å². The molecule has 1 aliphatic rings. The van der Waals surface area contributed by atoms with E-state index in [2.05, 4.69) is 27.3 Å². The lowest BCUT2D eigenvalue weighted by Crippen LogP contribution is -2.16. The number of ether oxygens (including phenoxy) is 1. The minimum absolute atomic E-state index is 0.565. The van der Waals surface area contributed by atoms with Gasteiger partial charge in [-0.25, -0.2) is 0 Å². The van der Waals surface area contributed by atoms with Gasteiger partial charge in [0.1, 0.15) is 12.4 Å². The van der Waals surface area contributed by atoms with E-state index in [4.69, 9.17) is 16.3 Å². The molecule has 1 heterocycles. The van der Waals surface area contributed by atoms with Gasteiger partial charge in [0.25, 0.3) is 0 Å². The summed E-state index contributed by atoms with van der Waals surface area (Å²) in [6.45, 7) is 1.42. The molecule has 0 spiro atoms. The van der Waals surface area contributed by atoms with E-state index in [9.17, 15) is 0 Å². The first-order valence-corrected chi connectivity index (χ1v) is 8.58. The lowest BCUT2D eigenvalue weighted by atomic mass is 10.2. The molecule has 1 saturated carbocycles. The summed E-state index contributed by atoms with van der Waals surface area (Å²) >= 11 is 11.0. The third kappa shape index (κ3) is 3.98. The van der Waals surface area contributed by atoms with E-state index in [0.717, 1.165) is 26.0 Å². The first-order valence-electron chi connectivity index (χ1n) is 6.59. The molecule has 1 aliphatic carbocycles. The van der Waals surface area contributed by atoms with E-state index >= 15 is 0 Å². The first-order chi connectivity index (χ1) is 9.70. The van der Waals surface area contributed by atoms with Crippen LogP contribution < -0.4 is 10.1 Å². The molecule has 1 fully saturated rings. The van der Waals surface area contributed by atoms with Gasteiger partial charge in [0.05, 0.1) is 4.34 Å². The molecule has 20 heavy (non-hydrogen) atoms. The van der Waals surface area contributed by atoms with Gasteiger partial charge in [-0.1, -0.05) is 27.5 Å². The SMILES string of the molecule is Clc1ccc(COc2ccc(Br)cc2CNC2CC2)s1. The van der Waals surface area contributed by atoms with Crippen molar-refractivity contribution in [3.8, 4) is 5.75 Å². The molecule has 1 aromatic carbocycles. The standard InChI is InChI=1S/C15H15BrClNOS/c16-11-1-5-14(10(7-11)8-18-12-2-3-12)19-9-13-4-6-15(17)20-13/h1,4-7,12,18H,2-3,8-9H2. The average Bonchev–Trinajstić information content (AvgIpc) is 3.17. The van der Waals surface area contributed by atoms with Crippen LogP contribution in [0.1, 0.15) is 23.3 Å². The van der Waals surface area contributed by atoms with E-state index in [1.54, 1.807) is 11.3 Å². The van der Waals surface area contributed by atoms with Crippen LogP contribution in [0.5, 0.6) is 5.75 Å². The predicted molar refractivity (Wildman–Crippen MR) is 87.7 cm³/mol. The highest BCUT2D eigenvalue weighted by atomic mass is 79.9. The Kier molecular flexibility index (Phi) is 4.66. The predicted octanol–water partition coefficient (Wildman–Crippen LogP) is 5.00. The van der Waals surface area contributed by atoms with Crippen LogP contribution in [0.3, 0.4) is 0 Å². The third-order valence-electron chi connectivity index (χ3n) is 3.18. The fourth-order valence-electron chi connectivity index (χ4n) is 1.95. The molecule has 106 valence electrons. The number of hydrogen-bond acceptors (Lipinski definition) is 3. The summed E-state index contributed by atoms with van der Waals surface area (Å²) in [7, 11) is 0.